The Kier molecular flexibility index (Phi) is 3.34. The molecule has 0 spiro atoms. The molecule has 0 aliphatic heterocycles. The van der Waals surface area contributed by atoms with E-state index in [0.29, 0.717) is 6.42 Å². The molecule has 1 nitrogen and oxygen atoms in total. The monoisotopic (exact) mass is 236 g/mol. The third-order valence-electron chi connectivity index (χ3n) is 2.24. The number of rotatable bonds is 4. The second-order valence-corrected chi connectivity index (χ2v) is 5.37. The summed E-state index contributed by atoms with van der Waals surface area (Å²) in [5.41, 5.74) is 0.839. The molecule has 0 aliphatic carbocycles. The number of thiophene rings is 2. The minimum Gasteiger partial charge on any atom is -0.294 e. The second-order valence-electron chi connectivity index (χ2n) is 3.33. The molecule has 0 saturated heterocycles. The van der Waals surface area contributed by atoms with E-state index in [9.17, 15) is 4.79 Å². The van der Waals surface area contributed by atoms with Crippen LogP contribution in [0.25, 0.3) is 0 Å². The Labute approximate surface area is 97.4 Å². The van der Waals surface area contributed by atoms with Crippen LogP contribution in [0.1, 0.15) is 27.0 Å². The summed E-state index contributed by atoms with van der Waals surface area (Å²) in [4.78, 5) is 14.3. The number of hydrogen-bond donors (Lipinski definition) is 0. The number of carbonyl (C=O) groups is 1. The van der Waals surface area contributed by atoms with E-state index in [2.05, 4.69) is 19.1 Å². The van der Waals surface area contributed by atoms with E-state index in [1.54, 1.807) is 22.7 Å². The lowest BCUT2D eigenvalue weighted by molar-refractivity contribution is 0.0994. The highest BCUT2D eigenvalue weighted by Gasteiger charge is 2.08. The van der Waals surface area contributed by atoms with Gasteiger partial charge in [0, 0.05) is 27.1 Å². The van der Waals surface area contributed by atoms with Crippen molar-refractivity contribution in [3.63, 3.8) is 0 Å². The topological polar surface area (TPSA) is 17.1 Å². The largest absolute Gasteiger partial charge is 0.294 e. The van der Waals surface area contributed by atoms with Crippen LogP contribution >= 0.6 is 22.7 Å². The fourth-order valence-electron chi connectivity index (χ4n) is 1.39. The van der Waals surface area contributed by atoms with Gasteiger partial charge in [-0.05, 0) is 30.0 Å². The van der Waals surface area contributed by atoms with Gasteiger partial charge in [-0.3, -0.25) is 4.79 Å². The van der Waals surface area contributed by atoms with Gasteiger partial charge in [0.05, 0.1) is 0 Å². The molecule has 2 heterocycles. The average Bonchev–Trinajstić information content (AvgIpc) is 2.87. The van der Waals surface area contributed by atoms with E-state index in [1.807, 2.05) is 16.8 Å². The lowest BCUT2D eigenvalue weighted by Gasteiger charge is -1.94. The van der Waals surface area contributed by atoms with E-state index in [0.717, 1.165) is 12.0 Å². The number of carbonyl (C=O) groups excluding carboxylic acids is 1. The molecule has 0 aliphatic rings. The molecule has 2 rings (SSSR count). The second kappa shape index (κ2) is 4.73. The van der Waals surface area contributed by atoms with Crippen molar-refractivity contribution in [1.82, 2.24) is 0 Å². The van der Waals surface area contributed by atoms with Crippen LogP contribution in [0.15, 0.2) is 29.0 Å². The van der Waals surface area contributed by atoms with Gasteiger partial charge >= 0.3 is 0 Å². The van der Waals surface area contributed by atoms with Crippen LogP contribution in [-0.2, 0) is 12.8 Å². The molecular formula is C12H12OS2. The molecule has 0 saturated carbocycles. The smallest absolute Gasteiger partial charge is 0.168 e. The van der Waals surface area contributed by atoms with Gasteiger partial charge in [-0.2, -0.15) is 11.3 Å². The molecular weight excluding hydrogens is 224 g/mol. The van der Waals surface area contributed by atoms with Crippen molar-refractivity contribution in [3.05, 3.63) is 44.3 Å². The first-order chi connectivity index (χ1) is 7.29. The van der Waals surface area contributed by atoms with Gasteiger partial charge in [0.25, 0.3) is 0 Å². The summed E-state index contributed by atoms with van der Waals surface area (Å²) in [6.07, 6.45) is 1.60. The average molecular weight is 236 g/mol. The third kappa shape index (κ3) is 2.55. The SMILES string of the molecule is CCc1ccc(CC(=O)c2ccsc2)s1. The Morgan fingerprint density at radius 3 is 2.67 bits per heavy atom. The normalized spacial score (nSPS) is 10.5. The molecule has 0 amide bonds. The van der Waals surface area contributed by atoms with Gasteiger partial charge in [0.15, 0.2) is 5.78 Å². The fraction of sp³-hybridized carbons (Fsp3) is 0.250. The maximum Gasteiger partial charge on any atom is 0.168 e. The van der Waals surface area contributed by atoms with Crippen molar-refractivity contribution in [2.24, 2.45) is 0 Å². The summed E-state index contributed by atoms with van der Waals surface area (Å²) in [5.74, 6) is 0.223. The van der Waals surface area contributed by atoms with Crippen molar-refractivity contribution in [3.8, 4) is 0 Å². The Morgan fingerprint density at radius 1 is 1.27 bits per heavy atom. The zero-order chi connectivity index (χ0) is 10.7. The lowest BCUT2D eigenvalue weighted by Crippen LogP contribution is -1.99. The standard InChI is InChI=1S/C12H12OS2/c1-2-10-3-4-11(15-10)7-12(13)9-5-6-14-8-9/h3-6,8H,2,7H2,1H3. The van der Waals surface area contributed by atoms with Gasteiger partial charge in [0.1, 0.15) is 0 Å². The summed E-state index contributed by atoms with van der Waals surface area (Å²) in [7, 11) is 0. The van der Waals surface area contributed by atoms with E-state index < -0.39 is 0 Å². The number of ketones is 1. The van der Waals surface area contributed by atoms with Gasteiger partial charge in [-0.15, -0.1) is 11.3 Å². The predicted molar refractivity (Wildman–Crippen MR) is 66.1 cm³/mol. The summed E-state index contributed by atoms with van der Waals surface area (Å²) >= 11 is 3.31. The van der Waals surface area contributed by atoms with E-state index in [-0.39, 0.29) is 5.78 Å². The van der Waals surface area contributed by atoms with Gasteiger partial charge in [-0.25, -0.2) is 0 Å². The predicted octanol–water partition coefficient (Wildman–Crippen LogP) is 3.80. The molecule has 0 fully saturated rings. The molecule has 78 valence electrons. The highest BCUT2D eigenvalue weighted by atomic mass is 32.1. The van der Waals surface area contributed by atoms with Gasteiger partial charge in [-0.1, -0.05) is 6.92 Å². The fourth-order valence-corrected chi connectivity index (χ4v) is 3.01. The molecule has 0 bridgehead atoms. The third-order valence-corrected chi connectivity index (χ3v) is 4.16. The van der Waals surface area contributed by atoms with Crippen LogP contribution in [0, 0.1) is 0 Å². The summed E-state index contributed by atoms with van der Waals surface area (Å²) in [6, 6.07) is 6.07. The van der Waals surface area contributed by atoms with E-state index in [4.69, 9.17) is 0 Å². The number of Topliss-reactive ketones (excluding diaryl/α,β-unsaturated/α-hetero) is 1. The highest BCUT2D eigenvalue weighted by molar-refractivity contribution is 7.12. The van der Waals surface area contributed by atoms with E-state index >= 15 is 0 Å². The van der Waals surface area contributed by atoms with Crippen LogP contribution in [0.5, 0.6) is 0 Å². The molecule has 2 aromatic rings. The van der Waals surface area contributed by atoms with Crippen molar-refractivity contribution in [1.29, 1.82) is 0 Å². The first-order valence-electron chi connectivity index (χ1n) is 4.92. The Balaban J connectivity index is 2.06. The van der Waals surface area contributed by atoms with Crippen molar-refractivity contribution < 1.29 is 4.79 Å². The quantitative estimate of drug-likeness (QED) is 0.738. The Hall–Kier alpha value is -0.930. The molecule has 0 N–H and O–H groups in total. The molecule has 15 heavy (non-hydrogen) atoms. The molecule has 0 unspecified atom stereocenters. The van der Waals surface area contributed by atoms with Crippen molar-refractivity contribution in [2.75, 3.05) is 0 Å². The minimum absolute atomic E-state index is 0.223. The molecule has 0 aromatic carbocycles. The van der Waals surface area contributed by atoms with Gasteiger partial charge < -0.3 is 0 Å². The first kappa shape index (κ1) is 10.6. The highest BCUT2D eigenvalue weighted by Crippen LogP contribution is 2.19. The summed E-state index contributed by atoms with van der Waals surface area (Å²) in [5, 5.41) is 3.86. The minimum atomic E-state index is 0.223. The molecule has 2 aromatic heterocycles. The number of hydrogen-bond acceptors (Lipinski definition) is 3. The molecule has 3 heteroatoms. The van der Waals surface area contributed by atoms with Gasteiger partial charge in [0.2, 0.25) is 0 Å². The van der Waals surface area contributed by atoms with Crippen LogP contribution in [0.4, 0.5) is 0 Å². The van der Waals surface area contributed by atoms with Crippen molar-refractivity contribution in [2.45, 2.75) is 19.8 Å². The molecule has 0 radical (unpaired) electrons. The number of aryl methyl sites for hydroxylation is 1. The zero-order valence-corrected chi connectivity index (χ0v) is 10.2. The van der Waals surface area contributed by atoms with Crippen LogP contribution in [0.3, 0.4) is 0 Å². The van der Waals surface area contributed by atoms with Crippen LogP contribution < -0.4 is 0 Å². The van der Waals surface area contributed by atoms with Crippen LogP contribution in [0.2, 0.25) is 0 Å². The Morgan fingerprint density at radius 2 is 2.07 bits per heavy atom. The maximum atomic E-state index is 11.8. The maximum absolute atomic E-state index is 11.8. The zero-order valence-electron chi connectivity index (χ0n) is 8.53. The first-order valence-corrected chi connectivity index (χ1v) is 6.68. The molecule has 0 atom stereocenters. The lowest BCUT2D eigenvalue weighted by atomic mass is 10.1. The Bertz CT molecular complexity index is 440. The summed E-state index contributed by atoms with van der Waals surface area (Å²) < 4.78 is 0. The van der Waals surface area contributed by atoms with Crippen molar-refractivity contribution >= 4 is 28.5 Å². The van der Waals surface area contributed by atoms with E-state index in [1.165, 1.54) is 9.75 Å². The summed E-state index contributed by atoms with van der Waals surface area (Å²) in [6.45, 7) is 2.14. The van der Waals surface area contributed by atoms with Crippen LogP contribution in [-0.4, -0.2) is 5.78 Å².